The molecule has 1 fully saturated rings. The van der Waals surface area contributed by atoms with Crippen LogP contribution in [0.5, 0.6) is 11.5 Å². The van der Waals surface area contributed by atoms with Gasteiger partial charge in [-0.3, -0.25) is 9.59 Å². The van der Waals surface area contributed by atoms with E-state index in [1.165, 1.54) is 4.88 Å². The van der Waals surface area contributed by atoms with E-state index in [1.807, 2.05) is 30.6 Å². The van der Waals surface area contributed by atoms with Gasteiger partial charge < -0.3 is 20.1 Å². The highest BCUT2D eigenvalue weighted by Crippen LogP contribution is 2.35. The van der Waals surface area contributed by atoms with Gasteiger partial charge >= 0.3 is 0 Å². The Morgan fingerprint density at radius 3 is 2.97 bits per heavy atom. The van der Waals surface area contributed by atoms with Crippen LogP contribution in [0.25, 0.3) is 0 Å². The number of carbonyl (C=O) groups is 2. The minimum Gasteiger partial charge on any atom is -0.454 e. The van der Waals surface area contributed by atoms with Crippen LogP contribution in [0.1, 0.15) is 48.2 Å². The normalized spacial score (nSPS) is 19.7. The standard InChI is InChI=1S/C22H27N3O4S/c1-15-19(30-13-24-15)3-2-10-23-20(26)6-8-22(9-7-21(27)25-22)12-16-4-5-17-18(11-16)29-14-28-17/h4-5,11,13H,2-3,6-10,12,14H2,1H3,(H,23,26)(H,25,27)/t22-/m1/s1. The Hall–Kier alpha value is -2.61. The molecule has 2 aliphatic rings. The van der Waals surface area contributed by atoms with Gasteiger partial charge in [0, 0.05) is 29.8 Å². The average Bonchev–Trinajstić information content (AvgIpc) is 3.44. The molecule has 3 heterocycles. The van der Waals surface area contributed by atoms with Crippen LogP contribution in [0.4, 0.5) is 0 Å². The summed E-state index contributed by atoms with van der Waals surface area (Å²) in [4.78, 5) is 29.9. The molecule has 1 atom stereocenters. The topological polar surface area (TPSA) is 89.6 Å². The van der Waals surface area contributed by atoms with Crippen LogP contribution in [0, 0.1) is 6.92 Å². The van der Waals surface area contributed by atoms with Crippen molar-refractivity contribution in [1.82, 2.24) is 15.6 Å². The van der Waals surface area contributed by atoms with Crippen molar-refractivity contribution in [3.05, 3.63) is 39.8 Å². The number of hydrogen-bond acceptors (Lipinski definition) is 6. The highest BCUT2D eigenvalue weighted by Gasteiger charge is 2.38. The van der Waals surface area contributed by atoms with E-state index in [1.54, 1.807) is 11.3 Å². The van der Waals surface area contributed by atoms with Crippen molar-refractivity contribution in [1.29, 1.82) is 0 Å². The molecule has 7 nitrogen and oxygen atoms in total. The number of amides is 2. The quantitative estimate of drug-likeness (QED) is 0.599. The van der Waals surface area contributed by atoms with Crippen LogP contribution in [0.3, 0.4) is 0 Å². The van der Waals surface area contributed by atoms with Crippen molar-refractivity contribution in [2.75, 3.05) is 13.3 Å². The van der Waals surface area contributed by atoms with Gasteiger partial charge in [0.05, 0.1) is 11.2 Å². The van der Waals surface area contributed by atoms with E-state index in [2.05, 4.69) is 15.6 Å². The molecular formula is C22H27N3O4S. The first kappa shape index (κ1) is 20.7. The second kappa shape index (κ2) is 9.04. The second-order valence-corrected chi connectivity index (χ2v) is 8.95. The molecule has 2 aliphatic heterocycles. The first-order valence-electron chi connectivity index (χ1n) is 10.4. The lowest BCUT2D eigenvalue weighted by Crippen LogP contribution is -2.44. The summed E-state index contributed by atoms with van der Waals surface area (Å²) in [6.07, 6.45) is 4.75. The molecule has 2 N–H and O–H groups in total. The van der Waals surface area contributed by atoms with Gasteiger partial charge in [0.25, 0.3) is 0 Å². The van der Waals surface area contributed by atoms with Gasteiger partial charge in [-0.15, -0.1) is 11.3 Å². The molecule has 0 aliphatic carbocycles. The summed E-state index contributed by atoms with van der Waals surface area (Å²) in [5.74, 6) is 1.57. The van der Waals surface area contributed by atoms with Gasteiger partial charge in [-0.2, -0.15) is 0 Å². The molecule has 0 radical (unpaired) electrons. The predicted octanol–water partition coefficient (Wildman–Crippen LogP) is 2.90. The second-order valence-electron chi connectivity index (χ2n) is 8.01. The third-order valence-corrected chi connectivity index (χ3v) is 6.79. The summed E-state index contributed by atoms with van der Waals surface area (Å²) < 4.78 is 10.8. The van der Waals surface area contributed by atoms with Crippen LogP contribution >= 0.6 is 11.3 Å². The van der Waals surface area contributed by atoms with E-state index in [-0.39, 0.29) is 24.1 Å². The predicted molar refractivity (Wildman–Crippen MR) is 114 cm³/mol. The van der Waals surface area contributed by atoms with Gasteiger partial charge in [0.2, 0.25) is 18.6 Å². The molecule has 30 heavy (non-hydrogen) atoms. The maximum absolute atomic E-state index is 12.4. The lowest BCUT2D eigenvalue weighted by atomic mass is 9.85. The van der Waals surface area contributed by atoms with E-state index in [0.717, 1.165) is 42.0 Å². The molecule has 8 heteroatoms. The zero-order valence-electron chi connectivity index (χ0n) is 17.2. The molecule has 160 valence electrons. The fourth-order valence-electron chi connectivity index (χ4n) is 4.11. The third kappa shape index (κ3) is 4.92. The van der Waals surface area contributed by atoms with Crippen molar-refractivity contribution in [2.45, 2.75) is 57.4 Å². The minimum atomic E-state index is -0.387. The number of aromatic nitrogens is 1. The number of rotatable bonds is 9. The van der Waals surface area contributed by atoms with Crippen LogP contribution in [-0.2, 0) is 22.4 Å². The van der Waals surface area contributed by atoms with Crippen molar-refractivity contribution >= 4 is 23.2 Å². The fraction of sp³-hybridized carbons (Fsp3) is 0.500. The van der Waals surface area contributed by atoms with Gasteiger partial charge in [0.15, 0.2) is 11.5 Å². The van der Waals surface area contributed by atoms with Crippen LogP contribution in [-0.4, -0.2) is 35.7 Å². The smallest absolute Gasteiger partial charge is 0.231 e. The minimum absolute atomic E-state index is 0.0298. The van der Waals surface area contributed by atoms with E-state index >= 15 is 0 Å². The van der Waals surface area contributed by atoms with Gasteiger partial charge in [-0.1, -0.05) is 6.07 Å². The highest BCUT2D eigenvalue weighted by atomic mass is 32.1. The van der Waals surface area contributed by atoms with E-state index < -0.39 is 0 Å². The number of hydrogen-bond donors (Lipinski definition) is 2. The summed E-state index contributed by atoms with van der Waals surface area (Å²) in [6, 6.07) is 5.87. The Labute approximate surface area is 180 Å². The summed E-state index contributed by atoms with van der Waals surface area (Å²) >= 11 is 1.66. The maximum Gasteiger partial charge on any atom is 0.231 e. The Bertz CT molecular complexity index is 929. The van der Waals surface area contributed by atoms with Crippen LogP contribution < -0.4 is 20.1 Å². The lowest BCUT2D eigenvalue weighted by Gasteiger charge is -2.29. The summed E-state index contributed by atoms with van der Waals surface area (Å²) in [5, 5.41) is 6.15. The highest BCUT2D eigenvalue weighted by molar-refractivity contribution is 7.09. The third-order valence-electron chi connectivity index (χ3n) is 5.79. The molecule has 0 spiro atoms. The Kier molecular flexibility index (Phi) is 6.22. The molecule has 2 amide bonds. The number of ether oxygens (including phenoxy) is 2. The number of fused-ring (bicyclic) bond motifs is 1. The number of thiazole rings is 1. The molecule has 4 rings (SSSR count). The molecule has 0 saturated carbocycles. The van der Waals surface area contributed by atoms with Crippen LogP contribution in [0.15, 0.2) is 23.7 Å². The summed E-state index contributed by atoms with van der Waals surface area (Å²) in [7, 11) is 0. The van der Waals surface area contributed by atoms with Gasteiger partial charge in [-0.25, -0.2) is 4.98 Å². The van der Waals surface area contributed by atoms with Gasteiger partial charge in [-0.05, 0) is 56.7 Å². The first-order valence-corrected chi connectivity index (χ1v) is 11.3. The fourth-order valence-corrected chi connectivity index (χ4v) is 4.93. The molecule has 2 aromatic rings. The molecule has 1 saturated heterocycles. The zero-order valence-corrected chi connectivity index (χ0v) is 18.0. The lowest BCUT2D eigenvalue weighted by molar-refractivity contribution is -0.122. The maximum atomic E-state index is 12.4. The Morgan fingerprint density at radius 2 is 2.20 bits per heavy atom. The Morgan fingerprint density at radius 1 is 1.33 bits per heavy atom. The first-order chi connectivity index (χ1) is 14.5. The van der Waals surface area contributed by atoms with E-state index in [9.17, 15) is 9.59 Å². The molecule has 0 unspecified atom stereocenters. The molecule has 1 aromatic heterocycles. The number of carbonyl (C=O) groups excluding carboxylic acids is 2. The molecule has 1 aromatic carbocycles. The van der Waals surface area contributed by atoms with Crippen molar-refractivity contribution in [2.24, 2.45) is 0 Å². The number of nitrogens with zero attached hydrogens (tertiary/aromatic N) is 1. The number of aryl methyl sites for hydroxylation is 2. The molecular weight excluding hydrogens is 402 g/mol. The molecule has 0 bridgehead atoms. The number of nitrogens with one attached hydrogen (secondary N) is 2. The largest absolute Gasteiger partial charge is 0.454 e. The monoisotopic (exact) mass is 429 g/mol. The van der Waals surface area contributed by atoms with Crippen molar-refractivity contribution in [3.8, 4) is 11.5 Å². The van der Waals surface area contributed by atoms with E-state index in [4.69, 9.17) is 9.47 Å². The van der Waals surface area contributed by atoms with Gasteiger partial charge in [0.1, 0.15) is 0 Å². The number of benzene rings is 1. The zero-order chi connectivity index (χ0) is 21.0. The summed E-state index contributed by atoms with van der Waals surface area (Å²) in [6.45, 7) is 2.90. The van der Waals surface area contributed by atoms with E-state index in [0.29, 0.717) is 32.2 Å². The van der Waals surface area contributed by atoms with Crippen LogP contribution in [0.2, 0.25) is 0 Å². The van der Waals surface area contributed by atoms with Crippen molar-refractivity contribution in [3.63, 3.8) is 0 Å². The SMILES string of the molecule is Cc1ncsc1CCCNC(=O)CC[C@]1(Cc2ccc3c(c2)OCO3)CCC(=O)N1. The summed E-state index contributed by atoms with van der Waals surface area (Å²) in [5.41, 5.74) is 3.62. The Balaban J connectivity index is 1.28. The average molecular weight is 430 g/mol. The van der Waals surface area contributed by atoms with Crippen molar-refractivity contribution < 1.29 is 19.1 Å².